The zero-order chi connectivity index (χ0) is 11.5. The van der Waals surface area contributed by atoms with E-state index in [4.69, 9.17) is 4.74 Å². The Morgan fingerprint density at radius 3 is 3.12 bits per heavy atom. The van der Waals surface area contributed by atoms with Crippen molar-refractivity contribution in [3.8, 4) is 0 Å². The second-order valence-electron chi connectivity index (χ2n) is 3.26. The fraction of sp³-hybridized carbons (Fsp3) is 0.273. The number of carbonyl (C=O) groups excluding carboxylic acids is 2. The van der Waals surface area contributed by atoms with Gasteiger partial charge in [0.1, 0.15) is 0 Å². The molecule has 16 heavy (non-hydrogen) atoms. The quantitative estimate of drug-likeness (QED) is 0.551. The lowest BCUT2D eigenvalue weighted by molar-refractivity contribution is -0.143. The van der Waals surface area contributed by atoms with Gasteiger partial charge in [-0.05, 0) is 13.0 Å². The Labute approximate surface area is 92.2 Å². The van der Waals surface area contributed by atoms with Crippen molar-refractivity contribution in [2.24, 2.45) is 10.9 Å². The van der Waals surface area contributed by atoms with Crippen molar-refractivity contribution < 1.29 is 14.3 Å². The third-order valence-corrected chi connectivity index (χ3v) is 2.25. The van der Waals surface area contributed by atoms with Crippen molar-refractivity contribution in [3.63, 3.8) is 0 Å². The van der Waals surface area contributed by atoms with E-state index in [9.17, 15) is 9.59 Å². The number of pyridine rings is 1. The first-order valence-electron chi connectivity index (χ1n) is 4.93. The minimum Gasteiger partial charge on any atom is -0.465 e. The lowest BCUT2D eigenvalue weighted by Crippen LogP contribution is -2.29. The van der Waals surface area contributed by atoms with Crippen molar-refractivity contribution in [3.05, 3.63) is 24.0 Å². The van der Waals surface area contributed by atoms with Crippen LogP contribution < -0.4 is 0 Å². The highest BCUT2D eigenvalue weighted by Gasteiger charge is 2.31. The van der Waals surface area contributed by atoms with Crippen molar-refractivity contribution in [2.75, 3.05) is 6.61 Å². The molecule has 1 unspecified atom stereocenters. The lowest BCUT2D eigenvalue weighted by atomic mass is 9.96. The molecule has 82 valence electrons. The molecule has 0 fully saturated rings. The van der Waals surface area contributed by atoms with Crippen LogP contribution in [-0.2, 0) is 9.53 Å². The van der Waals surface area contributed by atoms with Gasteiger partial charge < -0.3 is 4.74 Å². The van der Waals surface area contributed by atoms with E-state index in [1.54, 1.807) is 13.0 Å². The molecule has 0 radical (unpaired) electrons. The summed E-state index contributed by atoms with van der Waals surface area (Å²) in [5.74, 6) is -1.76. The van der Waals surface area contributed by atoms with Gasteiger partial charge in [0.15, 0.2) is 11.7 Å². The standard InChI is InChI=1S/C11H10N2O3/c1-2-16-11(15)8-5-13-9-6-12-4-3-7(9)10(8)14/h3-6,8H,2H2,1H3. The number of fused-ring (bicyclic) bond motifs is 1. The van der Waals surface area contributed by atoms with Crippen molar-refractivity contribution >= 4 is 23.7 Å². The highest BCUT2D eigenvalue weighted by atomic mass is 16.5. The van der Waals surface area contributed by atoms with Gasteiger partial charge in [-0.3, -0.25) is 19.6 Å². The van der Waals surface area contributed by atoms with E-state index in [0.29, 0.717) is 11.3 Å². The van der Waals surface area contributed by atoms with Crippen LogP contribution in [0, 0.1) is 5.92 Å². The second-order valence-corrected chi connectivity index (χ2v) is 3.26. The zero-order valence-electron chi connectivity index (χ0n) is 8.71. The Morgan fingerprint density at radius 2 is 2.38 bits per heavy atom. The number of hydrogen-bond donors (Lipinski definition) is 0. The normalized spacial score (nSPS) is 18.1. The summed E-state index contributed by atoms with van der Waals surface area (Å²) >= 11 is 0. The first kappa shape index (κ1) is 10.5. The predicted octanol–water partition coefficient (Wildman–Crippen LogP) is 1.16. The molecule has 1 aromatic rings. The summed E-state index contributed by atoms with van der Waals surface area (Å²) in [6.45, 7) is 1.94. The maximum absolute atomic E-state index is 11.9. The smallest absolute Gasteiger partial charge is 0.322 e. The largest absolute Gasteiger partial charge is 0.465 e. The summed E-state index contributed by atoms with van der Waals surface area (Å²) in [6.07, 6.45) is 4.30. The number of ketones is 1. The molecule has 0 saturated carbocycles. The van der Waals surface area contributed by atoms with Gasteiger partial charge >= 0.3 is 5.97 Å². The maximum Gasteiger partial charge on any atom is 0.322 e. The Morgan fingerprint density at radius 1 is 1.56 bits per heavy atom. The predicted molar refractivity (Wildman–Crippen MR) is 56.8 cm³/mol. The number of carbonyl (C=O) groups is 2. The molecule has 2 rings (SSSR count). The molecule has 2 heterocycles. The van der Waals surface area contributed by atoms with Gasteiger partial charge in [0, 0.05) is 18.0 Å². The van der Waals surface area contributed by atoms with Gasteiger partial charge in [-0.25, -0.2) is 0 Å². The van der Waals surface area contributed by atoms with E-state index in [1.165, 1.54) is 18.6 Å². The van der Waals surface area contributed by atoms with Gasteiger partial charge in [0.25, 0.3) is 0 Å². The van der Waals surface area contributed by atoms with Crippen LogP contribution in [0.25, 0.3) is 0 Å². The molecule has 1 aliphatic rings. The summed E-state index contributed by atoms with van der Waals surface area (Å²) < 4.78 is 4.80. The molecule has 5 heteroatoms. The van der Waals surface area contributed by atoms with Crippen molar-refractivity contribution in [1.29, 1.82) is 0 Å². The van der Waals surface area contributed by atoms with Gasteiger partial charge in [0.2, 0.25) is 0 Å². The highest BCUT2D eigenvalue weighted by molar-refractivity contribution is 6.22. The summed E-state index contributed by atoms with van der Waals surface area (Å²) in [5.41, 5.74) is 0.906. The lowest BCUT2D eigenvalue weighted by Gasteiger charge is -2.15. The Kier molecular flexibility index (Phi) is 2.76. The Hall–Kier alpha value is -2.04. The molecule has 0 aliphatic carbocycles. The molecular formula is C11H10N2O3. The SMILES string of the molecule is CCOC(=O)C1C=Nc2cnccc2C1=O. The van der Waals surface area contributed by atoms with Gasteiger partial charge in [0.05, 0.1) is 18.5 Å². The number of ether oxygens (including phenoxy) is 1. The topological polar surface area (TPSA) is 68.6 Å². The summed E-state index contributed by atoms with van der Waals surface area (Å²) in [4.78, 5) is 31.3. The third-order valence-electron chi connectivity index (χ3n) is 2.25. The number of esters is 1. The molecule has 1 aromatic heterocycles. The molecule has 0 N–H and O–H groups in total. The number of rotatable bonds is 2. The van der Waals surface area contributed by atoms with Gasteiger partial charge in [-0.1, -0.05) is 0 Å². The van der Waals surface area contributed by atoms with Crippen molar-refractivity contribution in [2.45, 2.75) is 6.92 Å². The van der Waals surface area contributed by atoms with E-state index >= 15 is 0 Å². The van der Waals surface area contributed by atoms with E-state index in [-0.39, 0.29) is 12.4 Å². The van der Waals surface area contributed by atoms with E-state index in [0.717, 1.165) is 0 Å². The number of nitrogens with zero attached hydrogens (tertiary/aromatic N) is 2. The minimum absolute atomic E-state index is 0.250. The molecule has 0 spiro atoms. The maximum atomic E-state index is 11.9. The van der Waals surface area contributed by atoms with E-state index in [2.05, 4.69) is 9.98 Å². The molecule has 0 bridgehead atoms. The van der Waals surface area contributed by atoms with E-state index in [1.807, 2.05) is 0 Å². The second kappa shape index (κ2) is 4.22. The van der Waals surface area contributed by atoms with Crippen LogP contribution in [0.15, 0.2) is 23.5 Å². The van der Waals surface area contributed by atoms with Crippen LogP contribution in [0.3, 0.4) is 0 Å². The number of aliphatic imine (C=N–C) groups is 1. The molecule has 0 saturated heterocycles. The van der Waals surface area contributed by atoms with Gasteiger partial charge in [-0.2, -0.15) is 0 Å². The minimum atomic E-state index is -0.921. The zero-order valence-corrected chi connectivity index (χ0v) is 8.71. The summed E-state index contributed by atoms with van der Waals surface area (Å²) in [5, 5.41) is 0. The first-order chi connectivity index (χ1) is 7.74. The average Bonchev–Trinajstić information content (AvgIpc) is 2.30. The van der Waals surface area contributed by atoms with Gasteiger partial charge in [-0.15, -0.1) is 0 Å². The first-order valence-corrected chi connectivity index (χ1v) is 4.93. The van der Waals surface area contributed by atoms with Crippen LogP contribution in [-0.4, -0.2) is 29.6 Å². The third kappa shape index (κ3) is 1.71. The molecular weight excluding hydrogens is 208 g/mol. The van der Waals surface area contributed by atoms with Crippen LogP contribution in [0.5, 0.6) is 0 Å². The fourth-order valence-electron chi connectivity index (χ4n) is 1.49. The summed E-state index contributed by atoms with van der Waals surface area (Å²) in [6, 6.07) is 1.56. The summed E-state index contributed by atoms with van der Waals surface area (Å²) in [7, 11) is 0. The van der Waals surface area contributed by atoms with Crippen LogP contribution in [0.2, 0.25) is 0 Å². The van der Waals surface area contributed by atoms with Crippen molar-refractivity contribution in [1.82, 2.24) is 4.98 Å². The molecule has 0 amide bonds. The van der Waals surface area contributed by atoms with Crippen LogP contribution in [0.4, 0.5) is 5.69 Å². The Bertz CT molecular complexity index is 468. The van der Waals surface area contributed by atoms with E-state index < -0.39 is 11.9 Å². The Balaban J connectivity index is 2.31. The molecule has 5 nitrogen and oxygen atoms in total. The molecule has 1 aliphatic heterocycles. The van der Waals surface area contributed by atoms with Crippen LogP contribution in [0.1, 0.15) is 17.3 Å². The average molecular weight is 218 g/mol. The molecule has 1 atom stereocenters. The monoisotopic (exact) mass is 218 g/mol. The number of aromatic nitrogens is 1. The number of Topliss-reactive ketones (excluding diaryl/α,β-unsaturated/α-hetero) is 1. The number of hydrogen-bond acceptors (Lipinski definition) is 5. The van der Waals surface area contributed by atoms with Crippen LogP contribution >= 0.6 is 0 Å². The highest BCUT2D eigenvalue weighted by Crippen LogP contribution is 2.25. The molecule has 0 aromatic carbocycles. The fourth-order valence-corrected chi connectivity index (χ4v) is 1.49.